The van der Waals surface area contributed by atoms with E-state index in [2.05, 4.69) is 50.6 Å². The van der Waals surface area contributed by atoms with Crippen LogP contribution in [0.3, 0.4) is 0 Å². The summed E-state index contributed by atoms with van der Waals surface area (Å²) in [6, 6.07) is 10.8. The molecule has 3 saturated heterocycles. The Bertz CT molecular complexity index is 770. The van der Waals surface area contributed by atoms with Crippen LogP contribution in [-0.2, 0) is 20.7 Å². The number of ether oxygens (including phenoxy) is 1. The fraction of sp³-hybridized carbons (Fsp3) is 0.680. The van der Waals surface area contributed by atoms with Crippen LogP contribution >= 0.6 is 37.2 Å². The smallest absolute Gasteiger partial charge is 0.340 e. The number of nitrogens with one attached hydrogen (secondary N) is 1. The van der Waals surface area contributed by atoms with Crippen molar-refractivity contribution >= 4 is 49.0 Å². The number of carboxylic acids is 1. The van der Waals surface area contributed by atoms with E-state index in [1.165, 1.54) is 18.4 Å². The number of rotatable bonds is 9. The molecule has 1 aromatic rings. The zero-order valence-corrected chi connectivity index (χ0v) is 23.2. The number of piperidine rings is 2. The van der Waals surface area contributed by atoms with Gasteiger partial charge in [-0.05, 0) is 56.7 Å². The Morgan fingerprint density at radius 3 is 2.06 bits per heavy atom. The molecule has 0 spiro atoms. The number of carboxylic acid groups (broad SMARTS) is 1. The number of nitrogens with zero attached hydrogens (tertiary/aromatic N) is 3. The molecular formula is C25H41Cl3N4O4. The minimum absolute atomic E-state index is 0. The highest BCUT2D eigenvalue weighted by atomic mass is 35.5. The molecule has 2 N–H and O–H groups in total. The third kappa shape index (κ3) is 9.72. The molecule has 3 aliphatic rings. The van der Waals surface area contributed by atoms with Crippen molar-refractivity contribution < 1.29 is 19.4 Å². The van der Waals surface area contributed by atoms with Crippen LogP contribution in [0, 0.1) is 5.92 Å². The normalized spacial score (nSPS) is 21.4. The van der Waals surface area contributed by atoms with Gasteiger partial charge in [0.15, 0.2) is 5.78 Å². The summed E-state index contributed by atoms with van der Waals surface area (Å²) in [5.74, 6) is -0.762. The van der Waals surface area contributed by atoms with E-state index in [-0.39, 0.29) is 55.7 Å². The Labute approximate surface area is 233 Å². The molecule has 11 heteroatoms. The number of hydrazine groups is 1. The van der Waals surface area contributed by atoms with Crippen LogP contribution in [0.5, 0.6) is 0 Å². The van der Waals surface area contributed by atoms with Gasteiger partial charge in [-0.25, -0.2) is 14.8 Å². The molecule has 1 aromatic carbocycles. The third-order valence-electron chi connectivity index (χ3n) is 7.22. The Morgan fingerprint density at radius 2 is 1.47 bits per heavy atom. The quantitative estimate of drug-likeness (QED) is 0.441. The molecular weight excluding hydrogens is 527 g/mol. The first-order valence-corrected chi connectivity index (χ1v) is 12.5. The molecule has 1 atom stereocenters. The second-order valence-electron chi connectivity index (χ2n) is 9.59. The van der Waals surface area contributed by atoms with Crippen LogP contribution in [0.1, 0.15) is 31.2 Å². The molecule has 0 radical (unpaired) electrons. The largest absolute Gasteiger partial charge is 0.479 e. The van der Waals surface area contributed by atoms with Crippen LogP contribution in [-0.4, -0.2) is 103 Å². The number of hydrogen-bond acceptors (Lipinski definition) is 7. The van der Waals surface area contributed by atoms with Crippen molar-refractivity contribution in [3.05, 3.63) is 35.9 Å². The van der Waals surface area contributed by atoms with Gasteiger partial charge < -0.3 is 15.2 Å². The average molecular weight is 568 g/mol. The Balaban J connectivity index is 0.00000216. The monoisotopic (exact) mass is 566 g/mol. The zero-order chi connectivity index (χ0) is 23.0. The molecule has 1 unspecified atom stereocenters. The minimum atomic E-state index is -1.35. The lowest BCUT2D eigenvalue weighted by Gasteiger charge is -2.44. The van der Waals surface area contributed by atoms with E-state index >= 15 is 0 Å². The van der Waals surface area contributed by atoms with E-state index in [1.807, 2.05) is 0 Å². The number of Topliss-reactive ketones (excluding diaryl/α,β-unsaturated/α-hetero) is 1. The SMILES string of the molecule is Cl.Cl.Cl.O=C(O)C(OC1CCNCC1)C(=O)CN1CCN(N2CCC(Cc3ccccc3)CC2)CC1. The third-order valence-corrected chi connectivity index (χ3v) is 7.22. The van der Waals surface area contributed by atoms with Gasteiger partial charge in [-0.3, -0.25) is 9.69 Å². The number of ketones is 1. The van der Waals surface area contributed by atoms with Crippen molar-refractivity contribution in [2.75, 3.05) is 58.9 Å². The number of benzene rings is 1. The van der Waals surface area contributed by atoms with Crippen molar-refractivity contribution in [1.82, 2.24) is 20.2 Å². The fourth-order valence-electron chi connectivity index (χ4n) is 5.23. The van der Waals surface area contributed by atoms with Gasteiger partial charge >= 0.3 is 5.97 Å². The van der Waals surface area contributed by atoms with E-state index in [4.69, 9.17) is 4.74 Å². The first-order chi connectivity index (χ1) is 16.1. The van der Waals surface area contributed by atoms with Gasteiger partial charge in [0, 0.05) is 39.3 Å². The highest BCUT2D eigenvalue weighted by Gasteiger charge is 2.33. The van der Waals surface area contributed by atoms with Crippen LogP contribution in [0.2, 0.25) is 0 Å². The second-order valence-corrected chi connectivity index (χ2v) is 9.59. The number of carbonyl (C=O) groups is 2. The molecule has 0 bridgehead atoms. The van der Waals surface area contributed by atoms with E-state index in [1.54, 1.807) is 0 Å². The number of carbonyl (C=O) groups excluding carboxylic acids is 1. The lowest BCUT2D eigenvalue weighted by Crippen LogP contribution is -2.57. The van der Waals surface area contributed by atoms with E-state index in [9.17, 15) is 14.7 Å². The van der Waals surface area contributed by atoms with Crippen LogP contribution in [0.15, 0.2) is 30.3 Å². The van der Waals surface area contributed by atoms with Gasteiger partial charge in [0.25, 0.3) is 0 Å². The molecule has 0 aliphatic carbocycles. The summed E-state index contributed by atoms with van der Waals surface area (Å²) in [4.78, 5) is 26.4. The van der Waals surface area contributed by atoms with Gasteiger partial charge in [-0.1, -0.05) is 30.3 Å². The number of hydrogen-bond donors (Lipinski definition) is 2. The van der Waals surface area contributed by atoms with Crippen LogP contribution in [0.4, 0.5) is 0 Å². The van der Waals surface area contributed by atoms with Gasteiger partial charge in [0.1, 0.15) is 0 Å². The van der Waals surface area contributed by atoms with Crippen molar-refractivity contribution in [3.63, 3.8) is 0 Å². The molecule has 3 fully saturated rings. The lowest BCUT2D eigenvalue weighted by molar-refractivity contribution is -0.162. The van der Waals surface area contributed by atoms with Gasteiger partial charge in [0.2, 0.25) is 6.10 Å². The predicted octanol–water partition coefficient (Wildman–Crippen LogP) is 2.53. The Morgan fingerprint density at radius 1 is 0.889 bits per heavy atom. The minimum Gasteiger partial charge on any atom is -0.479 e. The van der Waals surface area contributed by atoms with Gasteiger partial charge in [0.05, 0.1) is 12.6 Å². The molecule has 3 heterocycles. The maximum atomic E-state index is 12.7. The van der Waals surface area contributed by atoms with Crippen molar-refractivity contribution in [3.8, 4) is 0 Å². The predicted molar refractivity (Wildman–Crippen MR) is 148 cm³/mol. The van der Waals surface area contributed by atoms with Crippen molar-refractivity contribution in [2.45, 2.75) is 44.3 Å². The molecule has 0 amide bonds. The maximum absolute atomic E-state index is 12.7. The van der Waals surface area contributed by atoms with Gasteiger partial charge in [-0.2, -0.15) is 0 Å². The maximum Gasteiger partial charge on any atom is 0.340 e. The summed E-state index contributed by atoms with van der Waals surface area (Å²) in [7, 11) is 0. The lowest BCUT2D eigenvalue weighted by atomic mass is 9.91. The first-order valence-electron chi connectivity index (χ1n) is 12.5. The summed E-state index contributed by atoms with van der Waals surface area (Å²) in [6.07, 6.45) is 3.57. The van der Waals surface area contributed by atoms with E-state index in [0.29, 0.717) is 0 Å². The van der Waals surface area contributed by atoms with E-state index in [0.717, 1.165) is 77.5 Å². The summed E-state index contributed by atoms with van der Waals surface area (Å²) >= 11 is 0. The van der Waals surface area contributed by atoms with E-state index < -0.39 is 12.1 Å². The average Bonchev–Trinajstić information content (AvgIpc) is 2.84. The first kappa shape index (κ1) is 33.1. The Hall–Kier alpha value is -0.970. The topological polar surface area (TPSA) is 85.3 Å². The summed E-state index contributed by atoms with van der Waals surface area (Å²) in [5.41, 5.74) is 1.43. The molecule has 3 aliphatic heterocycles. The van der Waals surface area contributed by atoms with Crippen molar-refractivity contribution in [1.29, 1.82) is 0 Å². The second kappa shape index (κ2) is 16.8. The molecule has 36 heavy (non-hydrogen) atoms. The highest BCUT2D eigenvalue weighted by Crippen LogP contribution is 2.23. The fourth-order valence-corrected chi connectivity index (χ4v) is 5.23. The number of halogens is 3. The molecule has 0 aromatic heterocycles. The summed E-state index contributed by atoms with van der Waals surface area (Å²) in [5, 5.41) is 17.7. The van der Waals surface area contributed by atoms with Gasteiger partial charge in [-0.15, -0.1) is 37.2 Å². The summed E-state index contributed by atoms with van der Waals surface area (Å²) in [6.45, 7) is 7.23. The number of piperazine rings is 1. The van der Waals surface area contributed by atoms with Crippen molar-refractivity contribution in [2.24, 2.45) is 5.92 Å². The molecule has 4 rings (SSSR count). The molecule has 0 saturated carbocycles. The van der Waals surface area contributed by atoms with Crippen LogP contribution in [0.25, 0.3) is 0 Å². The standard InChI is InChI=1S/C25H38N4O4.3ClH/c30-23(24(25(31)32)33-22-6-10-26-11-7-22)19-27-14-16-29(17-15-27)28-12-8-21(9-13-28)18-20-4-2-1-3-5-20;;;/h1-5,21-22,24,26H,6-19H2,(H,31,32);3*1H. The summed E-state index contributed by atoms with van der Waals surface area (Å²) < 4.78 is 5.69. The zero-order valence-electron chi connectivity index (χ0n) is 20.8. The molecule has 206 valence electrons. The number of aliphatic carboxylic acids is 1. The highest BCUT2D eigenvalue weighted by molar-refractivity contribution is 6.02. The van der Waals surface area contributed by atoms with Crippen LogP contribution < -0.4 is 5.32 Å². The Kier molecular flexibility index (Phi) is 15.4. The molecule has 8 nitrogen and oxygen atoms in total.